The summed E-state index contributed by atoms with van der Waals surface area (Å²) in [5.41, 5.74) is -1.04. The summed E-state index contributed by atoms with van der Waals surface area (Å²) < 4.78 is 137. The van der Waals surface area contributed by atoms with Crippen molar-refractivity contribution in [2.24, 2.45) is 5.41 Å². The molecule has 8 nitrogen and oxygen atoms in total. The first-order valence-electron chi connectivity index (χ1n) is 8.76. The molecular weight excluding hydrogens is 510 g/mol. The summed E-state index contributed by atoms with van der Waals surface area (Å²) in [6.45, 7) is 4.89. The van der Waals surface area contributed by atoms with Crippen molar-refractivity contribution in [3.63, 3.8) is 0 Å². The molecule has 0 unspecified atom stereocenters. The minimum absolute atomic E-state index is 0.213. The van der Waals surface area contributed by atoms with Gasteiger partial charge in [-0.2, -0.15) is 43.2 Å². The van der Waals surface area contributed by atoms with Crippen LogP contribution < -0.4 is 4.18 Å². The van der Waals surface area contributed by atoms with E-state index in [0.29, 0.717) is 18.6 Å². The molecular formula is C17H18F6O8S2. The first kappa shape index (κ1) is 28.8. The Morgan fingerprint density at radius 3 is 1.76 bits per heavy atom. The van der Waals surface area contributed by atoms with E-state index in [1.54, 1.807) is 20.8 Å². The molecule has 1 rings (SSSR count). The smallest absolute Gasteiger partial charge is 0.378 e. The molecule has 0 aromatic heterocycles. The molecule has 0 saturated carbocycles. The second kappa shape index (κ2) is 8.87. The third-order valence-corrected chi connectivity index (χ3v) is 6.91. The van der Waals surface area contributed by atoms with Gasteiger partial charge in [0, 0.05) is 11.0 Å². The lowest BCUT2D eigenvalue weighted by Gasteiger charge is -2.29. The molecule has 0 atom stereocenters. The van der Waals surface area contributed by atoms with E-state index in [1.807, 2.05) is 0 Å². The van der Waals surface area contributed by atoms with Gasteiger partial charge < -0.3 is 4.18 Å². The molecule has 0 spiro atoms. The zero-order chi connectivity index (χ0) is 26.3. The number of ketones is 2. The maximum absolute atomic E-state index is 13.8. The predicted octanol–water partition coefficient (Wildman–Crippen LogP) is 3.68. The van der Waals surface area contributed by atoms with E-state index in [0.717, 1.165) is 12.1 Å². The number of carbonyl (C=O) groups is 2. The molecule has 0 aliphatic rings. The number of carbonyl (C=O) groups excluding carboxylic acids is 2. The highest BCUT2D eigenvalue weighted by Gasteiger charge is 2.83. The van der Waals surface area contributed by atoms with Crippen molar-refractivity contribution < 1.29 is 61.5 Å². The lowest BCUT2D eigenvalue weighted by atomic mass is 9.82. The van der Waals surface area contributed by atoms with Crippen molar-refractivity contribution in [3.8, 4) is 5.75 Å². The Morgan fingerprint density at radius 2 is 1.36 bits per heavy atom. The first-order chi connectivity index (χ1) is 14.5. The molecule has 0 amide bonds. The van der Waals surface area contributed by atoms with Crippen LogP contribution in [0, 0.1) is 5.41 Å². The van der Waals surface area contributed by atoms with Crippen molar-refractivity contribution in [2.45, 2.75) is 50.0 Å². The van der Waals surface area contributed by atoms with Gasteiger partial charge >= 0.3 is 36.7 Å². The third-order valence-electron chi connectivity index (χ3n) is 4.71. The van der Waals surface area contributed by atoms with Gasteiger partial charge in [-0.3, -0.25) is 14.1 Å². The summed E-state index contributed by atoms with van der Waals surface area (Å²) in [6, 6.07) is 2.66. The highest BCUT2D eigenvalue weighted by molar-refractivity contribution is 7.88. The van der Waals surface area contributed by atoms with E-state index < -0.39 is 65.8 Å². The van der Waals surface area contributed by atoms with Crippen molar-refractivity contribution in [1.82, 2.24) is 0 Å². The SMILES string of the molecule is CCC(C)(C)C(=O)CC(=O)c1ccc(OS(=O)(=O)C(F)(F)C(F)(F)C(F)(F)S(=O)(=O)O)cc1. The number of halogens is 6. The van der Waals surface area contributed by atoms with Crippen LogP contribution in [0.25, 0.3) is 0 Å². The van der Waals surface area contributed by atoms with E-state index in [9.17, 15) is 52.8 Å². The summed E-state index contributed by atoms with van der Waals surface area (Å²) in [7, 11) is -14.1. The Kier molecular flexibility index (Phi) is 7.75. The number of rotatable bonds is 11. The third kappa shape index (κ3) is 5.32. The largest absolute Gasteiger partial charge is 0.450 e. The lowest BCUT2D eigenvalue weighted by Crippen LogP contribution is -2.61. The van der Waals surface area contributed by atoms with Gasteiger partial charge in [-0.1, -0.05) is 20.8 Å². The zero-order valence-corrected chi connectivity index (χ0v) is 18.7. The Labute approximate surface area is 184 Å². The van der Waals surface area contributed by atoms with Gasteiger partial charge in [-0.25, -0.2) is 0 Å². The van der Waals surface area contributed by atoms with Crippen LogP contribution in [0.3, 0.4) is 0 Å². The molecule has 0 saturated heterocycles. The molecule has 188 valence electrons. The van der Waals surface area contributed by atoms with Gasteiger partial charge in [0.15, 0.2) is 5.78 Å². The van der Waals surface area contributed by atoms with E-state index in [-0.39, 0.29) is 5.56 Å². The van der Waals surface area contributed by atoms with Gasteiger partial charge in [0.2, 0.25) is 0 Å². The number of hydrogen-bond donors (Lipinski definition) is 1. The predicted molar refractivity (Wildman–Crippen MR) is 100 cm³/mol. The molecule has 1 N–H and O–H groups in total. The molecule has 1 aromatic carbocycles. The van der Waals surface area contributed by atoms with Crippen LogP contribution in [-0.4, -0.2) is 49.4 Å². The van der Waals surface area contributed by atoms with E-state index >= 15 is 0 Å². The van der Waals surface area contributed by atoms with Crippen LogP contribution >= 0.6 is 0 Å². The minimum Gasteiger partial charge on any atom is -0.378 e. The molecule has 0 heterocycles. The lowest BCUT2D eigenvalue weighted by molar-refractivity contribution is -0.247. The van der Waals surface area contributed by atoms with Gasteiger partial charge in [-0.05, 0) is 30.7 Å². The summed E-state index contributed by atoms with van der Waals surface area (Å²) in [5.74, 6) is -9.45. The molecule has 0 aliphatic carbocycles. The monoisotopic (exact) mass is 528 g/mol. The molecule has 16 heteroatoms. The quantitative estimate of drug-likeness (QED) is 0.151. The van der Waals surface area contributed by atoms with Crippen LogP contribution in [0.4, 0.5) is 26.3 Å². The van der Waals surface area contributed by atoms with Crippen molar-refractivity contribution in [3.05, 3.63) is 29.8 Å². The van der Waals surface area contributed by atoms with E-state index in [1.165, 1.54) is 0 Å². The number of benzene rings is 1. The van der Waals surface area contributed by atoms with Crippen LogP contribution in [0.15, 0.2) is 24.3 Å². The second-order valence-electron chi connectivity index (χ2n) is 7.41. The second-order valence-corrected chi connectivity index (χ2v) is 10.5. The van der Waals surface area contributed by atoms with E-state index in [2.05, 4.69) is 4.18 Å². The zero-order valence-electron chi connectivity index (χ0n) is 17.1. The number of Topliss-reactive ketones (excluding diaryl/α,β-unsaturated/α-hetero) is 2. The Bertz CT molecular complexity index is 1130. The van der Waals surface area contributed by atoms with Gasteiger partial charge in [-0.15, -0.1) is 0 Å². The average molecular weight is 528 g/mol. The fourth-order valence-corrected chi connectivity index (χ4v) is 3.48. The highest BCUT2D eigenvalue weighted by Crippen LogP contribution is 2.50. The summed E-state index contributed by atoms with van der Waals surface area (Å²) in [4.78, 5) is 24.2. The van der Waals surface area contributed by atoms with E-state index in [4.69, 9.17) is 4.55 Å². The van der Waals surface area contributed by atoms with Gasteiger partial charge in [0.1, 0.15) is 11.5 Å². The fraction of sp³-hybridized carbons (Fsp3) is 0.529. The Balaban J connectivity index is 3.17. The molecule has 33 heavy (non-hydrogen) atoms. The van der Waals surface area contributed by atoms with Crippen LogP contribution in [0.2, 0.25) is 0 Å². The summed E-state index contributed by atoms with van der Waals surface area (Å²) >= 11 is 0. The first-order valence-corrected chi connectivity index (χ1v) is 11.6. The molecule has 0 fully saturated rings. The Hall–Kier alpha value is -2.20. The number of alkyl halides is 6. The molecule has 1 aromatic rings. The fourth-order valence-electron chi connectivity index (χ4n) is 2.05. The van der Waals surface area contributed by atoms with Crippen molar-refractivity contribution >= 4 is 31.8 Å². The highest BCUT2D eigenvalue weighted by atomic mass is 32.2. The normalized spacial score (nSPS) is 14.1. The van der Waals surface area contributed by atoms with Crippen LogP contribution in [-0.2, 0) is 25.0 Å². The maximum atomic E-state index is 13.8. The summed E-state index contributed by atoms with van der Waals surface area (Å²) in [6.07, 6.45) is -0.145. The van der Waals surface area contributed by atoms with Crippen molar-refractivity contribution in [1.29, 1.82) is 0 Å². The van der Waals surface area contributed by atoms with Crippen LogP contribution in [0.5, 0.6) is 5.75 Å². The molecule has 0 bridgehead atoms. The Morgan fingerprint density at radius 1 is 0.909 bits per heavy atom. The maximum Gasteiger partial charge on any atom is 0.450 e. The summed E-state index contributed by atoms with van der Waals surface area (Å²) in [5, 5.41) is -13.7. The van der Waals surface area contributed by atoms with Crippen LogP contribution in [0.1, 0.15) is 44.0 Å². The topological polar surface area (TPSA) is 132 Å². The van der Waals surface area contributed by atoms with Gasteiger partial charge in [0.25, 0.3) is 0 Å². The minimum atomic E-state index is -7.16. The molecule has 0 aliphatic heterocycles. The standard InChI is InChI=1S/C17H18F6O8S2/c1-4-14(2,3)13(25)9-12(24)10-5-7-11(8-6-10)31-33(29,30)17(22,23)15(18,19)16(20,21)32(26,27)28/h5-8H,4,9H2,1-3H3,(H,26,27,28). The number of hydrogen-bond acceptors (Lipinski definition) is 7. The average Bonchev–Trinajstić information content (AvgIpc) is 2.66. The molecule has 0 radical (unpaired) electrons. The van der Waals surface area contributed by atoms with Gasteiger partial charge in [0.05, 0.1) is 6.42 Å². The van der Waals surface area contributed by atoms with Crippen molar-refractivity contribution in [2.75, 3.05) is 0 Å².